The number of alkyl halides is 1. The molecule has 0 aliphatic heterocycles. The lowest BCUT2D eigenvalue weighted by molar-refractivity contribution is 0.0636. The maximum absolute atomic E-state index is 13.5. The minimum atomic E-state index is -0.972. The zero-order chi connectivity index (χ0) is 14.6. The number of rotatable bonds is 3. The van der Waals surface area contributed by atoms with E-state index in [4.69, 9.17) is 4.74 Å². The summed E-state index contributed by atoms with van der Waals surface area (Å²) in [4.78, 5) is 11.6. The highest BCUT2D eigenvalue weighted by Crippen LogP contribution is 2.23. The standard InChI is InChI=1S/C13H17BrFNO3/c1-13(2,3)19-12(18)16-8-4-5-10(15)9(6-8)11(17)7-14/h4-6,11,17H,7H2,1-3H3,(H,16,18). The second-order valence-corrected chi connectivity index (χ2v) is 5.68. The molecule has 0 aromatic heterocycles. The van der Waals surface area contributed by atoms with Gasteiger partial charge < -0.3 is 9.84 Å². The second-order valence-electron chi connectivity index (χ2n) is 5.03. The summed E-state index contributed by atoms with van der Waals surface area (Å²) in [5.74, 6) is -0.526. The molecular weight excluding hydrogens is 317 g/mol. The number of halogens is 2. The van der Waals surface area contributed by atoms with Crippen molar-refractivity contribution in [2.45, 2.75) is 32.5 Å². The molecule has 1 aromatic carbocycles. The number of aliphatic hydroxyl groups is 1. The van der Waals surface area contributed by atoms with Crippen LogP contribution in [0, 0.1) is 5.82 Å². The molecule has 0 spiro atoms. The highest BCUT2D eigenvalue weighted by atomic mass is 79.9. The molecule has 0 saturated heterocycles. The van der Waals surface area contributed by atoms with Crippen LogP contribution < -0.4 is 5.32 Å². The predicted octanol–water partition coefficient (Wildman–Crippen LogP) is 3.60. The van der Waals surface area contributed by atoms with Gasteiger partial charge in [0.1, 0.15) is 11.4 Å². The quantitative estimate of drug-likeness (QED) is 0.831. The Bertz CT molecular complexity index is 460. The Morgan fingerprint density at radius 2 is 2.16 bits per heavy atom. The van der Waals surface area contributed by atoms with Crippen LogP contribution in [0.1, 0.15) is 32.4 Å². The molecule has 0 radical (unpaired) electrons. The van der Waals surface area contributed by atoms with Crippen molar-refractivity contribution in [2.24, 2.45) is 0 Å². The van der Waals surface area contributed by atoms with E-state index in [1.807, 2.05) is 0 Å². The van der Waals surface area contributed by atoms with Gasteiger partial charge in [0.15, 0.2) is 0 Å². The zero-order valence-corrected chi connectivity index (χ0v) is 12.6. The monoisotopic (exact) mass is 333 g/mol. The maximum Gasteiger partial charge on any atom is 0.412 e. The zero-order valence-electron chi connectivity index (χ0n) is 11.0. The Morgan fingerprint density at radius 1 is 1.53 bits per heavy atom. The minimum Gasteiger partial charge on any atom is -0.444 e. The van der Waals surface area contributed by atoms with E-state index in [1.54, 1.807) is 20.8 Å². The van der Waals surface area contributed by atoms with Gasteiger partial charge in [-0.1, -0.05) is 15.9 Å². The fourth-order valence-electron chi connectivity index (χ4n) is 1.38. The summed E-state index contributed by atoms with van der Waals surface area (Å²) in [7, 11) is 0. The Kier molecular flexibility index (Phi) is 5.31. The van der Waals surface area contributed by atoms with Crippen molar-refractivity contribution in [2.75, 3.05) is 10.6 Å². The molecule has 106 valence electrons. The number of amides is 1. The third-order valence-corrected chi connectivity index (χ3v) is 2.76. The summed E-state index contributed by atoms with van der Waals surface area (Å²) >= 11 is 3.07. The van der Waals surface area contributed by atoms with Crippen LogP contribution in [0.25, 0.3) is 0 Å². The summed E-state index contributed by atoms with van der Waals surface area (Å²) in [6, 6.07) is 3.97. The molecule has 1 unspecified atom stereocenters. The van der Waals surface area contributed by atoms with Crippen molar-refractivity contribution < 1.29 is 19.0 Å². The maximum atomic E-state index is 13.5. The highest BCUT2D eigenvalue weighted by Gasteiger charge is 2.17. The lowest BCUT2D eigenvalue weighted by Crippen LogP contribution is -2.27. The van der Waals surface area contributed by atoms with E-state index in [-0.39, 0.29) is 10.9 Å². The molecule has 0 aliphatic carbocycles. The van der Waals surface area contributed by atoms with Crippen LogP contribution in [0.5, 0.6) is 0 Å². The average Bonchev–Trinajstić information content (AvgIpc) is 2.28. The van der Waals surface area contributed by atoms with Gasteiger partial charge >= 0.3 is 6.09 Å². The molecule has 0 fully saturated rings. The van der Waals surface area contributed by atoms with Gasteiger partial charge in [0.05, 0.1) is 6.10 Å². The summed E-state index contributed by atoms with van der Waals surface area (Å²) in [6.45, 7) is 5.24. The molecule has 0 saturated carbocycles. The van der Waals surface area contributed by atoms with Gasteiger partial charge in [-0.3, -0.25) is 5.32 Å². The molecule has 4 nitrogen and oxygen atoms in total. The van der Waals surface area contributed by atoms with E-state index < -0.39 is 23.6 Å². The highest BCUT2D eigenvalue weighted by molar-refractivity contribution is 9.09. The van der Waals surface area contributed by atoms with Crippen molar-refractivity contribution in [3.63, 3.8) is 0 Å². The van der Waals surface area contributed by atoms with E-state index in [0.29, 0.717) is 5.69 Å². The van der Waals surface area contributed by atoms with Gasteiger partial charge in [-0.25, -0.2) is 9.18 Å². The van der Waals surface area contributed by atoms with Gasteiger partial charge in [-0.05, 0) is 39.0 Å². The first-order valence-electron chi connectivity index (χ1n) is 5.76. The molecular formula is C13H17BrFNO3. The third kappa shape index (κ3) is 5.16. The number of aliphatic hydroxyl groups excluding tert-OH is 1. The molecule has 6 heteroatoms. The molecule has 1 atom stereocenters. The van der Waals surface area contributed by atoms with Crippen LogP contribution >= 0.6 is 15.9 Å². The SMILES string of the molecule is CC(C)(C)OC(=O)Nc1ccc(F)c(C(O)CBr)c1. The van der Waals surface area contributed by atoms with Crippen molar-refractivity contribution in [1.82, 2.24) is 0 Å². The number of ether oxygens (including phenoxy) is 1. The van der Waals surface area contributed by atoms with Gasteiger partial charge in [-0.15, -0.1) is 0 Å². The van der Waals surface area contributed by atoms with E-state index >= 15 is 0 Å². The van der Waals surface area contributed by atoms with E-state index in [0.717, 1.165) is 0 Å². The van der Waals surface area contributed by atoms with Crippen LogP contribution in [0.2, 0.25) is 0 Å². The number of nitrogens with one attached hydrogen (secondary N) is 1. The first kappa shape index (κ1) is 15.9. The predicted molar refractivity (Wildman–Crippen MR) is 75.0 cm³/mol. The first-order valence-corrected chi connectivity index (χ1v) is 6.88. The lowest BCUT2D eigenvalue weighted by atomic mass is 10.1. The molecule has 1 rings (SSSR count). The number of benzene rings is 1. The second kappa shape index (κ2) is 6.34. The van der Waals surface area contributed by atoms with E-state index in [2.05, 4.69) is 21.2 Å². The van der Waals surface area contributed by atoms with Gasteiger partial charge in [0.2, 0.25) is 0 Å². The minimum absolute atomic E-state index is 0.116. The lowest BCUT2D eigenvalue weighted by Gasteiger charge is -2.20. The molecule has 0 aliphatic rings. The van der Waals surface area contributed by atoms with Crippen LogP contribution in [0.4, 0.5) is 14.9 Å². The fraction of sp³-hybridized carbons (Fsp3) is 0.462. The Balaban J connectivity index is 2.83. The topological polar surface area (TPSA) is 58.6 Å². The third-order valence-electron chi connectivity index (χ3n) is 2.15. The molecule has 0 heterocycles. The Hall–Kier alpha value is -1.14. The first-order chi connectivity index (χ1) is 8.73. The molecule has 1 amide bonds. The Morgan fingerprint density at radius 3 is 2.68 bits per heavy atom. The van der Waals surface area contributed by atoms with Crippen LogP contribution in [-0.2, 0) is 4.74 Å². The fourth-order valence-corrected chi connectivity index (χ4v) is 1.73. The number of hydrogen-bond acceptors (Lipinski definition) is 3. The van der Waals surface area contributed by atoms with E-state index in [9.17, 15) is 14.3 Å². The number of carbonyl (C=O) groups is 1. The average molecular weight is 334 g/mol. The van der Waals surface area contributed by atoms with Crippen molar-refractivity contribution >= 4 is 27.7 Å². The smallest absolute Gasteiger partial charge is 0.412 e. The summed E-state index contributed by atoms with van der Waals surface area (Å²) in [5, 5.41) is 12.3. The van der Waals surface area contributed by atoms with Crippen molar-refractivity contribution in [3.8, 4) is 0 Å². The van der Waals surface area contributed by atoms with Gasteiger partial charge in [0.25, 0.3) is 0 Å². The van der Waals surface area contributed by atoms with Crippen molar-refractivity contribution in [1.29, 1.82) is 0 Å². The van der Waals surface area contributed by atoms with Crippen LogP contribution in [0.15, 0.2) is 18.2 Å². The number of anilines is 1. The molecule has 19 heavy (non-hydrogen) atoms. The van der Waals surface area contributed by atoms with Crippen LogP contribution in [-0.4, -0.2) is 22.1 Å². The molecule has 2 N–H and O–H groups in total. The summed E-state index contributed by atoms with van der Waals surface area (Å²) < 4.78 is 18.6. The van der Waals surface area contributed by atoms with E-state index in [1.165, 1.54) is 18.2 Å². The summed E-state index contributed by atoms with van der Waals surface area (Å²) in [6.07, 6.45) is -1.60. The molecule has 0 bridgehead atoms. The normalized spacial score (nSPS) is 12.9. The van der Waals surface area contributed by atoms with Crippen molar-refractivity contribution in [3.05, 3.63) is 29.6 Å². The number of carbonyl (C=O) groups excluding carboxylic acids is 1. The summed E-state index contributed by atoms with van der Waals surface area (Å²) in [5.41, 5.74) is -0.126. The molecule has 1 aromatic rings. The van der Waals surface area contributed by atoms with Crippen LogP contribution in [0.3, 0.4) is 0 Å². The van der Waals surface area contributed by atoms with Gasteiger partial charge in [0, 0.05) is 16.6 Å². The van der Waals surface area contributed by atoms with Gasteiger partial charge in [-0.2, -0.15) is 0 Å². The number of hydrogen-bond donors (Lipinski definition) is 2. The Labute approximate surface area is 120 Å². The largest absolute Gasteiger partial charge is 0.444 e.